The third-order valence-corrected chi connectivity index (χ3v) is 5.33. The first kappa shape index (κ1) is 17.0. The Morgan fingerprint density at radius 3 is 2.65 bits per heavy atom. The van der Waals surface area contributed by atoms with Gasteiger partial charge in [0.2, 0.25) is 0 Å². The van der Waals surface area contributed by atoms with Crippen molar-refractivity contribution < 1.29 is 9.18 Å². The predicted molar refractivity (Wildman–Crippen MR) is 99.6 cm³/mol. The maximum atomic E-state index is 13.4. The highest BCUT2D eigenvalue weighted by molar-refractivity contribution is 5.76. The molecule has 136 valence electrons. The van der Waals surface area contributed by atoms with E-state index in [2.05, 4.69) is 17.4 Å². The highest BCUT2D eigenvalue weighted by atomic mass is 19.1. The minimum Gasteiger partial charge on any atom is -0.323 e. The Kier molecular flexibility index (Phi) is 4.89. The summed E-state index contributed by atoms with van der Waals surface area (Å²) < 4.78 is 13.4. The molecule has 26 heavy (non-hydrogen) atoms. The Hall–Kier alpha value is -2.40. The number of carbonyl (C=O) groups is 1. The van der Waals surface area contributed by atoms with E-state index in [1.807, 2.05) is 21.9 Å². The number of hydrogen-bond acceptors (Lipinski definition) is 2. The van der Waals surface area contributed by atoms with E-state index in [-0.39, 0.29) is 17.9 Å². The van der Waals surface area contributed by atoms with Crippen molar-refractivity contribution >= 4 is 6.03 Å². The lowest BCUT2D eigenvalue weighted by molar-refractivity contribution is 0.140. The molecule has 2 aliphatic rings. The second-order valence-electron chi connectivity index (χ2n) is 6.97. The number of fused-ring (bicyclic) bond motifs is 1. The summed E-state index contributed by atoms with van der Waals surface area (Å²) in [5.41, 5.74) is 3.37. The Morgan fingerprint density at radius 1 is 1.00 bits per heavy atom. The van der Waals surface area contributed by atoms with E-state index >= 15 is 0 Å². The monoisotopic (exact) mass is 353 g/mol. The molecular formula is C21H24FN3O. The smallest absolute Gasteiger partial charge is 0.320 e. The maximum absolute atomic E-state index is 13.4. The number of urea groups is 1. The van der Waals surface area contributed by atoms with Crippen molar-refractivity contribution in [2.24, 2.45) is 0 Å². The average Bonchev–Trinajstić information content (AvgIpc) is 2.97. The zero-order valence-corrected chi connectivity index (χ0v) is 14.8. The van der Waals surface area contributed by atoms with Crippen LogP contribution in [0.1, 0.15) is 29.2 Å². The van der Waals surface area contributed by atoms with Gasteiger partial charge in [-0.15, -0.1) is 0 Å². The number of carbonyl (C=O) groups excluding carboxylic acids is 1. The summed E-state index contributed by atoms with van der Waals surface area (Å²) in [6, 6.07) is 14.7. The zero-order valence-electron chi connectivity index (χ0n) is 14.8. The topological polar surface area (TPSA) is 35.6 Å². The summed E-state index contributed by atoms with van der Waals surface area (Å²) in [6.07, 6.45) is 1.82. The molecule has 0 aromatic heterocycles. The Balaban J connectivity index is 1.70. The van der Waals surface area contributed by atoms with Gasteiger partial charge in [-0.2, -0.15) is 0 Å². The molecule has 1 N–H and O–H groups in total. The van der Waals surface area contributed by atoms with E-state index in [4.69, 9.17) is 0 Å². The van der Waals surface area contributed by atoms with E-state index in [0.717, 1.165) is 50.1 Å². The van der Waals surface area contributed by atoms with Crippen LogP contribution >= 0.6 is 0 Å². The van der Waals surface area contributed by atoms with Gasteiger partial charge in [-0.05, 0) is 48.2 Å². The molecular weight excluding hydrogens is 329 g/mol. The molecule has 4 rings (SSSR count). The molecule has 0 aliphatic carbocycles. The largest absolute Gasteiger partial charge is 0.323 e. The second-order valence-corrected chi connectivity index (χ2v) is 6.97. The van der Waals surface area contributed by atoms with E-state index in [1.54, 1.807) is 12.1 Å². The number of benzene rings is 2. The highest BCUT2D eigenvalue weighted by Crippen LogP contribution is 2.35. The zero-order chi connectivity index (χ0) is 17.9. The van der Waals surface area contributed by atoms with Gasteiger partial charge in [-0.25, -0.2) is 9.18 Å². The van der Waals surface area contributed by atoms with Gasteiger partial charge in [0.05, 0.1) is 6.04 Å². The second kappa shape index (κ2) is 7.46. The summed E-state index contributed by atoms with van der Waals surface area (Å²) in [5, 5.41) is 3.35. The quantitative estimate of drug-likeness (QED) is 0.855. The first-order valence-electron chi connectivity index (χ1n) is 9.33. The lowest BCUT2D eigenvalue weighted by Gasteiger charge is -2.40. The van der Waals surface area contributed by atoms with E-state index in [9.17, 15) is 9.18 Å². The van der Waals surface area contributed by atoms with Crippen molar-refractivity contribution in [1.29, 1.82) is 0 Å². The van der Waals surface area contributed by atoms with Crippen molar-refractivity contribution in [3.8, 4) is 0 Å². The van der Waals surface area contributed by atoms with Gasteiger partial charge in [0.1, 0.15) is 5.82 Å². The van der Waals surface area contributed by atoms with Crippen LogP contribution in [0, 0.1) is 5.82 Å². The Morgan fingerprint density at radius 2 is 1.81 bits per heavy atom. The van der Waals surface area contributed by atoms with Crippen LogP contribution in [0.15, 0.2) is 48.5 Å². The van der Waals surface area contributed by atoms with Gasteiger partial charge in [0.25, 0.3) is 0 Å². The average molecular weight is 353 g/mol. The molecule has 2 aliphatic heterocycles. The molecule has 2 heterocycles. The molecule has 1 saturated heterocycles. The van der Waals surface area contributed by atoms with Crippen molar-refractivity contribution in [2.45, 2.75) is 18.9 Å². The van der Waals surface area contributed by atoms with Crippen LogP contribution in [-0.4, -0.2) is 48.6 Å². The summed E-state index contributed by atoms with van der Waals surface area (Å²) in [4.78, 5) is 17.2. The summed E-state index contributed by atoms with van der Waals surface area (Å²) >= 11 is 0. The van der Waals surface area contributed by atoms with E-state index < -0.39 is 0 Å². The summed E-state index contributed by atoms with van der Waals surface area (Å²) in [7, 11) is 0. The fraction of sp³-hybridized carbons (Fsp3) is 0.381. The molecule has 0 unspecified atom stereocenters. The number of amides is 2. The van der Waals surface area contributed by atoms with Crippen molar-refractivity contribution in [2.75, 3.05) is 32.7 Å². The van der Waals surface area contributed by atoms with E-state index in [0.29, 0.717) is 6.54 Å². The molecule has 2 aromatic rings. The number of halogens is 1. The van der Waals surface area contributed by atoms with Gasteiger partial charge in [-0.3, -0.25) is 0 Å². The molecule has 5 heteroatoms. The third-order valence-electron chi connectivity index (χ3n) is 5.33. The number of nitrogens with zero attached hydrogens (tertiary/aromatic N) is 2. The SMILES string of the molecule is O=C(N1CCCNCC1)N1CCc2ccccc2[C@@H]1c1ccc(F)cc1. The molecule has 0 radical (unpaired) electrons. The standard InChI is InChI=1S/C21H24FN3O/c22-18-8-6-17(7-9-18)20-19-5-2-1-4-16(19)10-14-25(20)21(26)24-13-3-11-23-12-15-24/h1-2,4-9,20,23H,3,10-15H2/t20-/m0/s1. The number of rotatable bonds is 1. The molecule has 1 atom stereocenters. The summed E-state index contributed by atoms with van der Waals surface area (Å²) in [6.45, 7) is 3.97. The Bertz CT molecular complexity index is 769. The predicted octanol–water partition coefficient (Wildman–Crippen LogP) is 3.19. The van der Waals surface area contributed by atoms with E-state index in [1.165, 1.54) is 17.7 Å². The first-order valence-corrected chi connectivity index (χ1v) is 9.33. The van der Waals surface area contributed by atoms with Gasteiger partial charge >= 0.3 is 6.03 Å². The molecule has 0 spiro atoms. The lowest BCUT2D eigenvalue weighted by atomic mass is 9.88. The minimum absolute atomic E-state index is 0.0810. The fourth-order valence-corrected chi connectivity index (χ4v) is 4.00. The van der Waals surface area contributed by atoms with Crippen LogP contribution in [0.4, 0.5) is 9.18 Å². The van der Waals surface area contributed by atoms with Gasteiger partial charge < -0.3 is 15.1 Å². The van der Waals surface area contributed by atoms with Crippen LogP contribution in [0.3, 0.4) is 0 Å². The van der Waals surface area contributed by atoms with Gasteiger partial charge in [0, 0.05) is 26.2 Å². The number of hydrogen-bond donors (Lipinski definition) is 1. The molecule has 2 aromatic carbocycles. The number of nitrogens with one attached hydrogen (secondary N) is 1. The first-order chi connectivity index (χ1) is 12.7. The minimum atomic E-state index is -0.255. The highest BCUT2D eigenvalue weighted by Gasteiger charge is 2.34. The van der Waals surface area contributed by atoms with Gasteiger partial charge in [0.15, 0.2) is 0 Å². The summed E-state index contributed by atoms with van der Waals surface area (Å²) in [5.74, 6) is -0.255. The normalized spacial score (nSPS) is 20.4. The van der Waals surface area contributed by atoms with Crippen LogP contribution in [0.25, 0.3) is 0 Å². The lowest BCUT2D eigenvalue weighted by Crippen LogP contribution is -2.48. The molecule has 0 bridgehead atoms. The fourth-order valence-electron chi connectivity index (χ4n) is 4.00. The Labute approximate surface area is 153 Å². The van der Waals surface area contributed by atoms with Gasteiger partial charge in [-0.1, -0.05) is 36.4 Å². The van der Waals surface area contributed by atoms with Crippen LogP contribution in [0.5, 0.6) is 0 Å². The maximum Gasteiger partial charge on any atom is 0.320 e. The molecule has 1 fully saturated rings. The van der Waals surface area contributed by atoms with Crippen molar-refractivity contribution in [1.82, 2.24) is 15.1 Å². The van der Waals surface area contributed by atoms with Crippen molar-refractivity contribution in [3.63, 3.8) is 0 Å². The van der Waals surface area contributed by atoms with Crippen molar-refractivity contribution in [3.05, 3.63) is 71.0 Å². The van der Waals surface area contributed by atoms with Crippen LogP contribution < -0.4 is 5.32 Å². The molecule has 2 amide bonds. The third kappa shape index (κ3) is 3.31. The molecule has 4 nitrogen and oxygen atoms in total. The van der Waals surface area contributed by atoms with Crippen LogP contribution in [0.2, 0.25) is 0 Å². The van der Waals surface area contributed by atoms with Crippen LogP contribution in [-0.2, 0) is 6.42 Å². The molecule has 0 saturated carbocycles.